The summed E-state index contributed by atoms with van der Waals surface area (Å²) in [5, 5.41) is 0. The smallest absolute Gasteiger partial charge is 0.430 e. The number of ether oxygens (including phenoxy) is 1. The summed E-state index contributed by atoms with van der Waals surface area (Å²) in [5.74, 6) is 6.65. The summed E-state index contributed by atoms with van der Waals surface area (Å²) >= 11 is 0. The average molecular weight is 454 g/mol. The normalized spacial score (nSPS) is 20.2. The molecule has 1 aliphatic rings. The van der Waals surface area contributed by atoms with E-state index in [1.165, 1.54) is 49.8 Å². The highest BCUT2D eigenvalue weighted by Crippen LogP contribution is 2.37. The van der Waals surface area contributed by atoms with Crippen LogP contribution in [0.2, 0.25) is 0 Å². The van der Waals surface area contributed by atoms with Crippen LogP contribution >= 0.6 is 0 Å². The first-order chi connectivity index (χ1) is 15.1. The first-order valence-corrected chi connectivity index (χ1v) is 10.6. The Balaban J connectivity index is 1.60. The van der Waals surface area contributed by atoms with Gasteiger partial charge in [-0.15, -0.1) is 0 Å². The number of benzene rings is 2. The highest BCUT2D eigenvalue weighted by molar-refractivity contribution is 5.45. The van der Waals surface area contributed by atoms with Gasteiger partial charge in [-0.05, 0) is 79.5 Å². The van der Waals surface area contributed by atoms with Crippen LogP contribution in [0.25, 0.3) is 0 Å². The Morgan fingerprint density at radius 3 is 1.81 bits per heavy atom. The van der Waals surface area contributed by atoms with E-state index < -0.39 is 24.2 Å². The Kier molecular flexibility index (Phi) is 7.43. The Morgan fingerprint density at radius 1 is 0.844 bits per heavy atom. The second-order valence-electron chi connectivity index (χ2n) is 8.09. The molecule has 3 rings (SSSR count). The zero-order valence-corrected chi connectivity index (χ0v) is 17.6. The van der Waals surface area contributed by atoms with Crippen molar-refractivity contribution < 1.29 is 31.1 Å². The van der Waals surface area contributed by atoms with E-state index in [2.05, 4.69) is 35.6 Å². The number of rotatable bonds is 5. The molecule has 0 N–H and O–H groups in total. The number of hydrogen-bond acceptors (Lipinski definition) is 1. The summed E-state index contributed by atoms with van der Waals surface area (Å²) in [6, 6.07) is 12.7. The molecule has 172 valence electrons. The van der Waals surface area contributed by atoms with Crippen LogP contribution in [0.15, 0.2) is 48.5 Å². The fourth-order valence-corrected chi connectivity index (χ4v) is 3.89. The molecule has 2 aromatic rings. The first kappa shape index (κ1) is 24.0. The molecule has 0 aromatic heterocycles. The number of halogens is 6. The van der Waals surface area contributed by atoms with Crippen LogP contribution in [-0.4, -0.2) is 18.5 Å². The standard InChI is InChI=1S/C25H24F6O/c1-2-17-5-11-20(12-6-17)21-13-7-18(8-14-21)3-4-19-9-15-22(16-10-19)32-25(30,31)23(26)24(27,28)29/h7-10,13-17,20,23H,2,5-6,11-12H2,1H3. The minimum Gasteiger partial charge on any atom is -0.430 e. The quantitative estimate of drug-likeness (QED) is 0.333. The molecule has 1 atom stereocenters. The highest BCUT2D eigenvalue weighted by Gasteiger charge is 2.59. The van der Waals surface area contributed by atoms with Gasteiger partial charge in [-0.1, -0.05) is 37.3 Å². The highest BCUT2D eigenvalue weighted by atomic mass is 19.4. The van der Waals surface area contributed by atoms with Crippen LogP contribution in [0.5, 0.6) is 5.75 Å². The molecule has 2 aromatic carbocycles. The molecule has 32 heavy (non-hydrogen) atoms. The zero-order valence-electron chi connectivity index (χ0n) is 17.6. The van der Waals surface area contributed by atoms with E-state index in [1.54, 1.807) is 0 Å². The monoisotopic (exact) mass is 454 g/mol. The lowest BCUT2D eigenvalue weighted by molar-refractivity contribution is -0.304. The van der Waals surface area contributed by atoms with E-state index in [0.29, 0.717) is 11.5 Å². The van der Waals surface area contributed by atoms with Crippen LogP contribution in [0.3, 0.4) is 0 Å². The third-order valence-electron chi connectivity index (χ3n) is 5.85. The molecule has 1 nitrogen and oxygen atoms in total. The molecule has 1 saturated carbocycles. The molecule has 0 spiro atoms. The van der Waals surface area contributed by atoms with Gasteiger partial charge < -0.3 is 4.74 Å². The fourth-order valence-electron chi connectivity index (χ4n) is 3.89. The SMILES string of the molecule is CCC1CCC(c2ccc(C#Cc3ccc(OC(F)(F)C(F)C(F)(F)F)cc3)cc2)CC1. The summed E-state index contributed by atoms with van der Waals surface area (Å²) in [7, 11) is 0. The summed E-state index contributed by atoms with van der Waals surface area (Å²) in [6.45, 7) is 2.24. The van der Waals surface area contributed by atoms with Gasteiger partial charge in [-0.25, -0.2) is 4.39 Å². The molecule has 7 heteroatoms. The van der Waals surface area contributed by atoms with Crippen molar-refractivity contribution in [2.45, 2.75) is 63.4 Å². The molecule has 1 aliphatic carbocycles. The second kappa shape index (κ2) is 9.89. The van der Waals surface area contributed by atoms with Crippen molar-refractivity contribution in [2.75, 3.05) is 0 Å². The van der Waals surface area contributed by atoms with Gasteiger partial charge in [-0.3, -0.25) is 0 Å². The lowest BCUT2D eigenvalue weighted by Crippen LogP contribution is -2.45. The summed E-state index contributed by atoms with van der Waals surface area (Å²) in [4.78, 5) is 0. The maximum absolute atomic E-state index is 13.3. The van der Waals surface area contributed by atoms with E-state index >= 15 is 0 Å². The third-order valence-corrected chi connectivity index (χ3v) is 5.85. The molecule has 0 bridgehead atoms. The van der Waals surface area contributed by atoms with Crippen molar-refractivity contribution in [3.63, 3.8) is 0 Å². The predicted octanol–water partition coefficient (Wildman–Crippen LogP) is 7.64. The molecule has 1 unspecified atom stereocenters. The van der Waals surface area contributed by atoms with Gasteiger partial charge in [0.2, 0.25) is 0 Å². The lowest BCUT2D eigenvalue weighted by atomic mass is 9.78. The lowest BCUT2D eigenvalue weighted by Gasteiger charge is -2.28. The van der Waals surface area contributed by atoms with Crippen molar-refractivity contribution in [1.29, 1.82) is 0 Å². The number of hydrogen-bond donors (Lipinski definition) is 0. The van der Waals surface area contributed by atoms with Crippen molar-refractivity contribution in [3.8, 4) is 17.6 Å². The van der Waals surface area contributed by atoms with Gasteiger partial charge in [0, 0.05) is 11.1 Å². The van der Waals surface area contributed by atoms with Gasteiger partial charge in [0.1, 0.15) is 5.75 Å². The van der Waals surface area contributed by atoms with Crippen LogP contribution in [-0.2, 0) is 0 Å². The van der Waals surface area contributed by atoms with E-state index in [-0.39, 0.29) is 0 Å². The maximum Gasteiger partial charge on any atom is 0.439 e. The molecular weight excluding hydrogens is 430 g/mol. The van der Waals surface area contributed by atoms with Crippen molar-refractivity contribution in [2.24, 2.45) is 5.92 Å². The maximum atomic E-state index is 13.3. The van der Waals surface area contributed by atoms with Crippen molar-refractivity contribution >= 4 is 0 Å². The zero-order chi connectivity index (χ0) is 23.4. The summed E-state index contributed by atoms with van der Waals surface area (Å²) < 4.78 is 80.0. The van der Waals surface area contributed by atoms with Crippen LogP contribution in [0.4, 0.5) is 26.3 Å². The van der Waals surface area contributed by atoms with Gasteiger partial charge in [-0.2, -0.15) is 22.0 Å². The summed E-state index contributed by atoms with van der Waals surface area (Å²) in [6.07, 6.45) is -9.01. The van der Waals surface area contributed by atoms with Gasteiger partial charge in [0.25, 0.3) is 6.17 Å². The predicted molar refractivity (Wildman–Crippen MR) is 110 cm³/mol. The molecule has 0 heterocycles. The van der Waals surface area contributed by atoms with Crippen LogP contribution < -0.4 is 4.74 Å². The Morgan fingerprint density at radius 2 is 1.34 bits per heavy atom. The Labute approximate surface area is 183 Å². The topological polar surface area (TPSA) is 9.23 Å². The van der Waals surface area contributed by atoms with Gasteiger partial charge in [0.15, 0.2) is 0 Å². The fraction of sp³-hybridized carbons (Fsp3) is 0.440. The van der Waals surface area contributed by atoms with Crippen molar-refractivity contribution in [3.05, 3.63) is 65.2 Å². The molecule has 0 aliphatic heterocycles. The van der Waals surface area contributed by atoms with Crippen molar-refractivity contribution in [1.82, 2.24) is 0 Å². The van der Waals surface area contributed by atoms with E-state index in [4.69, 9.17) is 0 Å². The van der Waals surface area contributed by atoms with Crippen LogP contribution in [0.1, 0.15) is 61.6 Å². The third kappa shape index (κ3) is 6.21. The van der Waals surface area contributed by atoms with E-state index in [0.717, 1.165) is 23.6 Å². The minimum atomic E-state index is -5.72. The Hall–Kier alpha value is -2.62. The molecule has 0 radical (unpaired) electrons. The molecule has 0 saturated heterocycles. The molecular formula is C25H24F6O. The first-order valence-electron chi connectivity index (χ1n) is 10.6. The van der Waals surface area contributed by atoms with Gasteiger partial charge in [0.05, 0.1) is 0 Å². The second-order valence-corrected chi connectivity index (χ2v) is 8.09. The Bertz CT molecular complexity index is 930. The average Bonchev–Trinajstić information content (AvgIpc) is 2.78. The van der Waals surface area contributed by atoms with E-state index in [9.17, 15) is 26.3 Å². The molecule has 1 fully saturated rings. The largest absolute Gasteiger partial charge is 0.439 e. The summed E-state index contributed by atoms with van der Waals surface area (Å²) in [5.41, 5.74) is 2.54. The molecule has 0 amide bonds. The van der Waals surface area contributed by atoms with Gasteiger partial charge >= 0.3 is 12.3 Å². The van der Waals surface area contributed by atoms with Crippen LogP contribution in [0, 0.1) is 17.8 Å². The van der Waals surface area contributed by atoms with E-state index in [1.807, 2.05) is 12.1 Å². The number of alkyl halides is 6. The minimum absolute atomic E-state index is 0.454.